The van der Waals surface area contributed by atoms with Crippen molar-refractivity contribution in [3.05, 3.63) is 85.2 Å². The Hall–Kier alpha value is -3.87. The first-order valence-corrected chi connectivity index (χ1v) is 17.2. The number of nitro benzene ring substituents is 1. The summed E-state index contributed by atoms with van der Waals surface area (Å²) in [4.78, 5) is 24.3. The number of benzene rings is 3. The average Bonchev–Trinajstić information content (AvgIpc) is 3.03. The lowest BCUT2D eigenvalue weighted by molar-refractivity contribution is -0.387. The van der Waals surface area contributed by atoms with Gasteiger partial charge < -0.3 is 14.2 Å². The van der Waals surface area contributed by atoms with Crippen LogP contribution in [0.3, 0.4) is 0 Å². The number of esters is 1. The van der Waals surface area contributed by atoms with Crippen molar-refractivity contribution in [2.45, 2.75) is 90.9 Å². The number of fused-ring (bicyclic) bond motifs is 2. The summed E-state index contributed by atoms with van der Waals surface area (Å²) in [6, 6.07) is 6.71. The van der Waals surface area contributed by atoms with Crippen LogP contribution >= 0.6 is 0 Å². The van der Waals surface area contributed by atoms with Gasteiger partial charge in [0, 0.05) is 30.3 Å². The van der Waals surface area contributed by atoms with Gasteiger partial charge in [0.2, 0.25) is 10.0 Å². The lowest BCUT2D eigenvalue weighted by atomic mass is 9.78. The van der Waals surface area contributed by atoms with E-state index in [-0.39, 0.29) is 36.8 Å². The molecule has 3 aromatic carbocycles. The molecule has 10 nitrogen and oxygen atoms in total. The highest BCUT2D eigenvalue weighted by atomic mass is 32.2. The number of nitro groups is 1. The number of hydrogen-bond donors (Lipinski definition) is 0. The quantitative estimate of drug-likeness (QED) is 0.146. The van der Waals surface area contributed by atoms with E-state index in [0.717, 1.165) is 28.7 Å². The molecule has 2 aliphatic rings. The van der Waals surface area contributed by atoms with Crippen LogP contribution in [-0.4, -0.2) is 49.0 Å². The molecule has 2 aliphatic heterocycles. The van der Waals surface area contributed by atoms with Gasteiger partial charge in [-0.3, -0.25) is 10.1 Å². The van der Waals surface area contributed by atoms with Crippen molar-refractivity contribution in [1.82, 2.24) is 4.31 Å². The summed E-state index contributed by atoms with van der Waals surface area (Å²) in [5, 5.41) is 11.7. The molecule has 0 N–H and O–H groups in total. The molecule has 12 heteroatoms. The Morgan fingerprint density at radius 1 is 1.09 bits per heavy atom. The fraction of sp³-hybridized carbons (Fsp3) is 0.457. The monoisotopic (exact) mass is 668 g/mol. The maximum absolute atomic E-state index is 15.8. The SMILES string of the molecule is CCOC(=O)[C@@H](OC(C)(C)C)c1c(C)c2c(c(C)c1-c1cc(F)c3c(c1C)CCCO3)CN(S(=O)(=O)c1ccccc1[N+](=O)[O-])CC2. The second kappa shape index (κ2) is 13.0. The summed E-state index contributed by atoms with van der Waals surface area (Å²) in [5.74, 6) is -0.881. The van der Waals surface area contributed by atoms with E-state index < -0.39 is 44.1 Å². The largest absolute Gasteiger partial charge is 0.490 e. The van der Waals surface area contributed by atoms with E-state index in [0.29, 0.717) is 40.8 Å². The van der Waals surface area contributed by atoms with Gasteiger partial charge in [0.1, 0.15) is 0 Å². The summed E-state index contributed by atoms with van der Waals surface area (Å²) in [6.07, 6.45) is 0.470. The highest BCUT2D eigenvalue weighted by Gasteiger charge is 2.39. The lowest BCUT2D eigenvalue weighted by Crippen LogP contribution is -2.37. The fourth-order valence-electron chi connectivity index (χ4n) is 6.76. The lowest BCUT2D eigenvalue weighted by Gasteiger charge is -2.36. The first-order chi connectivity index (χ1) is 22.1. The smallest absolute Gasteiger partial charge is 0.339 e. The third-order valence-electron chi connectivity index (χ3n) is 8.88. The molecule has 0 spiro atoms. The minimum absolute atomic E-state index is 0.0640. The first-order valence-electron chi connectivity index (χ1n) is 15.8. The normalized spacial score (nSPS) is 15.7. The van der Waals surface area contributed by atoms with Gasteiger partial charge >= 0.3 is 5.97 Å². The average molecular weight is 669 g/mol. The van der Waals surface area contributed by atoms with E-state index >= 15 is 4.39 Å². The minimum atomic E-state index is -4.27. The number of ether oxygens (including phenoxy) is 3. The van der Waals surface area contributed by atoms with Crippen LogP contribution in [0.2, 0.25) is 0 Å². The second-order valence-corrected chi connectivity index (χ2v) is 14.9. The fourth-order valence-corrected chi connectivity index (χ4v) is 8.33. The summed E-state index contributed by atoms with van der Waals surface area (Å²) >= 11 is 0. The van der Waals surface area contributed by atoms with Gasteiger partial charge in [0.15, 0.2) is 22.6 Å². The van der Waals surface area contributed by atoms with Gasteiger partial charge in [-0.1, -0.05) is 12.1 Å². The van der Waals surface area contributed by atoms with Crippen LogP contribution < -0.4 is 4.74 Å². The van der Waals surface area contributed by atoms with E-state index in [1.54, 1.807) is 6.92 Å². The molecular formula is C35H41FN2O8S. The second-order valence-electron chi connectivity index (χ2n) is 13.0. The Bertz CT molecular complexity index is 1870. The molecule has 3 aromatic rings. The van der Waals surface area contributed by atoms with Crippen LogP contribution in [0.4, 0.5) is 10.1 Å². The molecule has 0 fully saturated rings. The number of nitrogens with zero attached hydrogens (tertiary/aromatic N) is 2. The molecule has 0 radical (unpaired) electrons. The maximum atomic E-state index is 15.8. The van der Waals surface area contributed by atoms with E-state index in [9.17, 15) is 23.3 Å². The Labute approximate surface area is 275 Å². The van der Waals surface area contributed by atoms with Crippen molar-refractivity contribution in [3.8, 4) is 16.9 Å². The molecule has 1 atom stereocenters. The molecule has 5 rings (SSSR count). The van der Waals surface area contributed by atoms with Crippen LogP contribution in [0.1, 0.15) is 79.2 Å². The zero-order valence-electron chi connectivity index (χ0n) is 27.9. The van der Waals surface area contributed by atoms with Gasteiger partial charge in [-0.25, -0.2) is 17.6 Å². The molecule has 0 saturated carbocycles. The van der Waals surface area contributed by atoms with E-state index in [1.807, 2.05) is 41.5 Å². The van der Waals surface area contributed by atoms with Gasteiger partial charge in [0.05, 0.1) is 23.7 Å². The number of halogens is 1. The van der Waals surface area contributed by atoms with Crippen LogP contribution in [0, 0.1) is 36.7 Å². The van der Waals surface area contributed by atoms with Gasteiger partial charge in [-0.05, 0) is 119 Å². The summed E-state index contributed by atoms with van der Waals surface area (Å²) in [7, 11) is -4.27. The van der Waals surface area contributed by atoms with Crippen molar-refractivity contribution in [2.24, 2.45) is 0 Å². The topological polar surface area (TPSA) is 125 Å². The zero-order chi connectivity index (χ0) is 34.4. The van der Waals surface area contributed by atoms with E-state index in [1.165, 1.54) is 34.6 Å². The first kappa shape index (κ1) is 34.5. The number of sulfonamides is 1. The Morgan fingerprint density at radius 2 is 1.79 bits per heavy atom. The minimum Gasteiger partial charge on any atom is -0.490 e. The summed E-state index contributed by atoms with van der Waals surface area (Å²) in [6.45, 7) is 13.4. The number of rotatable bonds is 8. The molecule has 0 bridgehead atoms. The van der Waals surface area contributed by atoms with Crippen molar-refractivity contribution in [3.63, 3.8) is 0 Å². The Morgan fingerprint density at radius 3 is 2.45 bits per heavy atom. The highest BCUT2D eigenvalue weighted by Crippen LogP contribution is 2.47. The predicted octanol–water partition coefficient (Wildman–Crippen LogP) is 6.82. The van der Waals surface area contributed by atoms with Gasteiger partial charge in [-0.2, -0.15) is 4.31 Å². The number of carbonyl (C=O) groups excluding carboxylic acids is 1. The van der Waals surface area contributed by atoms with Crippen LogP contribution in [0.25, 0.3) is 11.1 Å². The molecule has 2 heterocycles. The third kappa shape index (κ3) is 6.38. The predicted molar refractivity (Wildman–Crippen MR) is 174 cm³/mol. The van der Waals surface area contributed by atoms with Crippen molar-refractivity contribution < 1.29 is 36.7 Å². The zero-order valence-corrected chi connectivity index (χ0v) is 28.7. The highest BCUT2D eigenvalue weighted by molar-refractivity contribution is 7.89. The third-order valence-corrected chi connectivity index (χ3v) is 10.8. The summed E-state index contributed by atoms with van der Waals surface area (Å²) in [5.41, 5.74) is 4.88. The molecule has 0 saturated heterocycles. The molecule has 0 amide bonds. The van der Waals surface area contributed by atoms with Crippen LogP contribution in [0.5, 0.6) is 5.75 Å². The van der Waals surface area contributed by atoms with E-state index in [2.05, 4.69) is 0 Å². The maximum Gasteiger partial charge on any atom is 0.339 e. The van der Waals surface area contributed by atoms with Crippen molar-refractivity contribution >= 4 is 21.7 Å². The van der Waals surface area contributed by atoms with Gasteiger partial charge in [-0.15, -0.1) is 0 Å². The van der Waals surface area contributed by atoms with Crippen molar-refractivity contribution in [1.29, 1.82) is 0 Å². The Kier molecular flexibility index (Phi) is 9.51. The molecule has 252 valence electrons. The number of para-hydroxylation sites is 1. The van der Waals surface area contributed by atoms with Crippen molar-refractivity contribution in [2.75, 3.05) is 19.8 Å². The molecule has 0 aromatic heterocycles. The Balaban J connectivity index is 1.78. The van der Waals surface area contributed by atoms with Crippen LogP contribution in [0.15, 0.2) is 35.2 Å². The molecule has 47 heavy (non-hydrogen) atoms. The standard InChI is InChI=1S/C35H41FN2O8S/c1-8-44-34(39)33(46-35(5,6)7)31-21(3)23-15-16-37(47(42,43)29-14-10-9-13-28(29)38(40)41)19-26(23)22(4)30(31)25-18-27(36)32-24(20(25)2)12-11-17-45-32/h9-10,13-14,18,33H,8,11-12,15-17,19H2,1-7H3/t33-/m0/s1. The van der Waals surface area contributed by atoms with Gasteiger partial charge in [0.25, 0.3) is 5.69 Å². The molecule has 0 aliphatic carbocycles. The molecule has 0 unspecified atom stereocenters. The number of hydrogen-bond acceptors (Lipinski definition) is 8. The summed E-state index contributed by atoms with van der Waals surface area (Å²) < 4.78 is 62.5. The van der Waals surface area contributed by atoms with Crippen LogP contribution in [-0.2, 0) is 43.7 Å². The van der Waals surface area contributed by atoms with E-state index in [4.69, 9.17) is 14.2 Å². The molecular weight excluding hydrogens is 627 g/mol. The number of carbonyl (C=O) groups is 1.